The van der Waals surface area contributed by atoms with Crippen molar-refractivity contribution >= 4 is 44.9 Å². The van der Waals surface area contributed by atoms with E-state index in [-0.39, 0.29) is 10.3 Å². The highest BCUT2D eigenvalue weighted by atomic mass is 35.5. The third kappa shape index (κ3) is 4.19. The number of nitrogens with zero attached hydrogens (tertiary/aromatic N) is 2. The lowest BCUT2D eigenvalue weighted by Gasteiger charge is -1.99. The van der Waals surface area contributed by atoms with Crippen LogP contribution < -0.4 is 0 Å². The summed E-state index contributed by atoms with van der Waals surface area (Å²) in [6.45, 7) is 4.03. The van der Waals surface area contributed by atoms with Gasteiger partial charge in [0.05, 0.1) is 11.4 Å². The van der Waals surface area contributed by atoms with E-state index in [9.17, 15) is 0 Å². The van der Waals surface area contributed by atoms with Crippen molar-refractivity contribution in [2.75, 3.05) is 0 Å². The number of benzene rings is 2. The lowest BCUT2D eigenvalue weighted by Crippen LogP contribution is -1.98. The minimum atomic E-state index is 0.177. The van der Waals surface area contributed by atoms with Crippen molar-refractivity contribution in [2.45, 2.75) is 13.8 Å². The summed E-state index contributed by atoms with van der Waals surface area (Å²) in [6.07, 6.45) is 0. The average molecular weight is 305 g/mol. The molecule has 0 fully saturated rings. The Kier molecular flexibility index (Phi) is 4.94. The molecule has 2 aromatic carbocycles. The molecule has 0 heterocycles. The van der Waals surface area contributed by atoms with Crippen molar-refractivity contribution in [1.82, 2.24) is 0 Å². The summed E-state index contributed by atoms with van der Waals surface area (Å²) in [5, 5.41) is 0.354. The van der Waals surface area contributed by atoms with Gasteiger partial charge < -0.3 is 0 Å². The molecule has 0 atom stereocenters. The topological polar surface area (TPSA) is 24.7 Å². The molecule has 0 aliphatic heterocycles. The number of halogens is 2. The van der Waals surface area contributed by atoms with Crippen molar-refractivity contribution in [3.05, 3.63) is 59.7 Å². The molecular formula is C16H14Cl2N2. The van der Waals surface area contributed by atoms with Crippen LogP contribution in [0.15, 0.2) is 58.5 Å². The van der Waals surface area contributed by atoms with Crippen LogP contribution in [-0.4, -0.2) is 10.3 Å². The van der Waals surface area contributed by atoms with Crippen molar-refractivity contribution < 1.29 is 0 Å². The van der Waals surface area contributed by atoms with E-state index in [0.717, 1.165) is 11.4 Å². The number of aryl methyl sites for hydroxylation is 2. The number of rotatable bonds is 3. The first-order valence-electron chi connectivity index (χ1n) is 6.17. The minimum Gasteiger partial charge on any atom is -0.233 e. The second-order valence-electron chi connectivity index (χ2n) is 4.48. The fourth-order valence-electron chi connectivity index (χ4n) is 1.56. The van der Waals surface area contributed by atoms with Crippen LogP contribution in [0.1, 0.15) is 11.1 Å². The molecule has 0 amide bonds. The Balaban J connectivity index is 2.21. The maximum atomic E-state index is 6.07. The van der Waals surface area contributed by atoms with E-state index in [1.54, 1.807) is 0 Å². The molecule has 0 aliphatic rings. The highest BCUT2D eigenvalue weighted by Crippen LogP contribution is 2.18. The van der Waals surface area contributed by atoms with Crippen LogP contribution in [0.25, 0.3) is 0 Å². The number of hydrogen-bond donors (Lipinski definition) is 0. The van der Waals surface area contributed by atoms with Crippen molar-refractivity contribution in [1.29, 1.82) is 0 Å². The molecule has 20 heavy (non-hydrogen) atoms. The van der Waals surface area contributed by atoms with Gasteiger partial charge in [0.2, 0.25) is 0 Å². The first-order chi connectivity index (χ1) is 9.54. The van der Waals surface area contributed by atoms with Gasteiger partial charge in [-0.05, 0) is 38.1 Å². The maximum Gasteiger partial charge on any atom is 0.166 e. The van der Waals surface area contributed by atoms with E-state index >= 15 is 0 Å². The van der Waals surface area contributed by atoms with Gasteiger partial charge in [-0.15, -0.1) is 0 Å². The van der Waals surface area contributed by atoms with Crippen LogP contribution in [0.2, 0.25) is 0 Å². The van der Waals surface area contributed by atoms with E-state index in [1.165, 1.54) is 11.1 Å². The van der Waals surface area contributed by atoms with E-state index in [0.29, 0.717) is 0 Å². The minimum absolute atomic E-state index is 0.177. The maximum absolute atomic E-state index is 6.07. The number of hydrogen-bond acceptors (Lipinski definition) is 2. The largest absolute Gasteiger partial charge is 0.233 e. The molecule has 2 nitrogen and oxygen atoms in total. The van der Waals surface area contributed by atoms with E-state index < -0.39 is 0 Å². The van der Waals surface area contributed by atoms with Gasteiger partial charge in [-0.3, -0.25) is 0 Å². The molecule has 4 heteroatoms. The lowest BCUT2D eigenvalue weighted by atomic mass is 10.2. The van der Waals surface area contributed by atoms with Gasteiger partial charge in [-0.25, -0.2) is 9.98 Å². The summed E-state index contributed by atoms with van der Waals surface area (Å²) in [7, 11) is 0. The van der Waals surface area contributed by atoms with Crippen molar-refractivity contribution in [3.63, 3.8) is 0 Å². The molecule has 2 aromatic rings. The Hall–Kier alpha value is -1.64. The molecule has 0 radical (unpaired) electrons. The molecule has 0 unspecified atom stereocenters. The van der Waals surface area contributed by atoms with E-state index in [1.807, 2.05) is 62.4 Å². The predicted octanol–water partition coefficient (Wildman–Crippen LogP) is 5.54. The molecule has 0 bridgehead atoms. The summed E-state index contributed by atoms with van der Waals surface area (Å²) in [5.74, 6) is 0. The molecule has 0 aliphatic carbocycles. The summed E-state index contributed by atoms with van der Waals surface area (Å²) < 4.78 is 0. The monoisotopic (exact) mass is 304 g/mol. The molecule has 0 spiro atoms. The van der Waals surface area contributed by atoms with Gasteiger partial charge in [0.1, 0.15) is 0 Å². The normalized spacial score (nSPS) is 12.6. The van der Waals surface area contributed by atoms with Crippen molar-refractivity contribution in [3.8, 4) is 0 Å². The Bertz CT molecular complexity index is 582. The van der Waals surface area contributed by atoms with Crippen LogP contribution >= 0.6 is 23.2 Å². The predicted molar refractivity (Wildman–Crippen MR) is 88.3 cm³/mol. The Labute approximate surface area is 128 Å². The molecular weight excluding hydrogens is 291 g/mol. The fourth-order valence-corrected chi connectivity index (χ4v) is 1.84. The van der Waals surface area contributed by atoms with E-state index in [4.69, 9.17) is 23.2 Å². The Morgan fingerprint density at radius 1 is 0.650 bits per heavy atom. The van der Waals surface area contributed by atoms with Crippen LogP contribution in [-0.2, 0) is 0 Å². The van der Waals surface area contributed by atoms with Gasteiger partial charge in [-0.1, -0.05) is 58.6 Å². The van der Waals surface area contributed by atoms with Gasteiger partial charge >= 0.3 is 0 Å². The van der Waals surface area contributed by atoms with E-state index in [2.05, 4.69) is 9.98 Å². The summed E-state index contributed by atoms with van der Waals surface area (Å²) >= 11 is 12.1. The zero-order valence-electron chi connectivity index (χ0n) is 11.3. The van der Waals surface area contributed by atoms with Crippen molar-refractivity contribution in [2.24, 2.45) is 9.98 Å². The second-order valence-corrected chi connectivity index (χ2v) is 5.19. The Morgan fingerprint density at radius 3 is 1.25 bits per heavy atom. The number of aliphatic imine (C=N–C) groups is 2. The summed E-state index contributed by atoms with van der Waals surface area (Å²) in [5.41, 5.74) is 3.83. The smallest absolute Gasteiger partial charge is 0.166 e. The first-order valence-corrected chi connectivity index (χ1v) is 6.92. The standard InChI is InChI=1S/C16H14Cl2N2/c1-11-3-7-13(8-4-11)19-15(17)16(18)20-14-9-5-12(2)6-10-14/h3-10H,1-2H3/b19-15-,20-16-. The van der Waals surface area contributed by atoms with Gasteiger partial charge in [0.15, 0.2) is 10.3 Å². The van der Waals surface area contributed by atoms with Gasteiger partial charge in [0.25, 0.3) is 0 Å². The van der Waals surface area contributed by atoms with Gasteiger partial charge in [-0.2, -0.15) is 0 Å². The van der Waals surface area contributed by atoms with Gasteiger partial charge in [0, 0.05) is 0 Å². The quantitative estimate of drug-likeness (QED) is 0.665. The zero-order valence-corrected chi connectivity index (χ0v) is 12.8. The highest BCUT2D eigenvalue weighted by molar-refractivity contribution is 7.00. The summed E-state index contributed by atoms with van der Waals surface area (Å²) in [6, 6.07) is 15.4. The fraction of sp³-hybridized carbons (Fsp3) is 0.125. The second kappa shape index (κ2) is 6.69. The molecule has 102 valence electrons. The third-order valence-electron chi connectivity index (χ3n) is 2.69. The lowest BCUT2D eigenvalue weighted by molar-refractivity contribution is 1.43. The molecule has 2 rings (SSSR count). The molecule has 0 aromatic heterocycles. The highest BCUT2D eigenvalue weighted by Gasteiger charge is 2.03. The zero-order chi connectivity index (χ0) is 14.5. The van der Waals surface area contributed by atoms with Crippen LogP contribution in [0.5, 0.6) is 0 Å². The third-order valence-corrected chi connectivity index (χ3v) is 3.32. The molecule has 0 saturated heterocycles. The summed E-state index contributed by atoms with van der Waals surface area (Å²) in [4.78, 5) is 8.47. The molecule has 0 N–H and O–H groups in total. The first kappa shape index (κ1) is 14.8. The Morgan fingerprint density at radius 2 is 0.950 bits per heavy atom. The van der Waals surface area contributed by atoms with Crippen LogP contribution in [0.3, 0.4) is 0 Å². The average Bonchev–Trinajstić information content (AvgIpc) is 2.44. The van der Waals surface area contributed by atoms with Crippen LogP contribution in [0.4, 0.5) is 11.4 Å². The van der Waals surface area contributed by atoms with Crippen LogP contribution in [0, 0.1) is 13.8 Å². The molecule has 0 saturated carbocycles. The SMILES string of the molecule is Cc1ccc(/N=C(Cl)/C(Cl)=N/c2ccc(C)cc2)cc1.